The zero-order valence-corrected chi connectivity index (χ0v) is 18.1. The van der Waals surface area contributed by atoms with E-state index in [1.54, 1.807) is 0 Å². The van der Waals surface area contributed by atoms with E-state index in [-0.39, 0.29) is 10.6 Å². The van der Waals surface area contributed by atoms with Crippen LogP contribution < -0.4 is 0 Å². The Bertz CT molecular complexity index is 1000. The molecule has 1 aromatic carbocycles. The van der Waals surface area contributed by atoms with Crippen molar-refractivity contribution in [1.82, 2.24) is 0 Å². The lowest BCUT2D eigenvalue weighted by molar-refractivity contribution is -0.144. The number of benzene rings is 1. The van der Waals surface area contributed by atoms with E-state index in [0.29, 0.717) is 30.0 Å². The van der Waals surface area contributed by atoms with E-state index in [9.17, 15) is 19.5 Å². The number of rotatable bonds is 4. The molecule has 0 bridgehead atoms. The molecule has 1 aromatic rings. The summed E-state index contributed by atoms with van der Waals surface area (Å²) >= 11 is 12.8. The molecule has 29 heavy (non-hydrogen) atoms. The van der Waals surface area contributed by atoms with Crippen molar-refractivity contribution in [2.24, 2.45) is 16.0 Å². The largest absolute Gasteiger partial charge is 0.510 e. The van der Waals surface area contributed by atoms with Gasteiger partial charge in [0.2, 0.25) is 5.78 Å². The number of allylic oxidation sites excluding steroid dienone is 2. The van der Waals surface area contributed by atoms with Crippen LogP contribution in [0, 0.1) is 10.8 Å². The predicted molar refractivity (Wildman–Crippen MR) is 110 cm³/mol. The molecule has 8 heteroatoms. The molecule has 0 fully saturated rings. The molecule has 154 valence electrons. The fourth-order valence-electron chi connectivity index (χ4n) is 3.68. The molecule has 1 N–H and O–H groups in total. The molecule has 0 unspecified atom stereocenters. The lowest BCUT2D eigenvalue weighted by Crippen LogP contribution is -2.50. The number of aliphatic hydroxyl groups excluding tert-OH is 1. The van der Waals surface area contributed by atoms with Crippen LogP contribution in [-0.2, 0) is 20.8 Å². The number of aliphatic hydroxyl groups is 1. The van der Waals surface area contributed by atoms with Gasteiger partial charge in [0.25, 0.3) is 0 Å². The number of ketones is 3. The first-order chi connectivity index (χ1) is 13.4. The second-order valence-corrected chi connectivity index (χ2v) is 9.05. The maximum Gasteiger partial charge on any atom is 0.201 e. The van der Waals surface area contributed by atoms with Crippen LogP contribution in [0.1, 0.15) is 50.0 Å². The molecule has 1 aliphatic heterocycles. The first-order valence-corrected chi connectivity index (χ1v) is 9.89. The third kappa shape index (κ3) is 3.38. The Morgan fingerprint density at radius 2 is 1.83 bits per heavy atom. The summed E-state index contributed by atoms with van der Waals surface area (Å²) in [4.78, 5) is 43.9. The molecule has 6 nitrogen and oxygen atoms in total. The minimum Gasteiger partial charge on any atom is -0.510 e. The second kappa shape index (κ2) is 7.26. The molecule has 0 aromatic heterocycles. The summed E-state index contributed by atoms with van der Waals surface area (Å²) in [5.74, 6) is -2.47. The van der Waals surface area contributed by atoms with Crippen molar-refractivity contribution in [3.05, 3.63) is 44.6 Å². The molecule has 0 saturated heterocycles. The van der Waals surface area contributed by atoms with Crippen LogP contribution in [0.3, 0.4) is 0 Å². The van der Waals surface area contributed by atoms with Gasteiger partial charge in [-0.2, -0.15) is 0 Å². The lowest BCUT2D eigenvalue weighted by atomic mass is 9.62. The van der Waals surface area contributed by atoms with Gasteiger partial charge >= 0.3 is 0 Å². The summed E-state index contributed by atoms with van der Waals surface area (Å²) in [6, 6.07) is 2.92. The fraction of sp³-hybridized carbons (Fsp3) is 0.429. The highest BCUT2D eigenvalue weighted by Gasteiger charge is 2.54. The zero-order chi connectivity index (χ0) is 21.7. The van der Waals surface area contributed by atoms with E-state index in [2.05, 4.69) is 5.16 Å². The minimum atomic E-state index is -1.45. The van der Waals surface area contributed by atoms with E-state index in [1.165, 1.54) is 39.8 Å². The van der Waals surface area contributed by atoms with Crippen LogP contribution in [0.4, 0.5) is 0 Å². The van der Waals surface area contributed by atoms with E-state index < -0.39 is 39.5 Å². The smallest absolute Gasteiger partial charge is 0.201 e. The Morgan fingerprint density at radius 3 is 2.41 bits per heavy atom. The van der Waals surface area contributed by atoms with Gasteiger partial charge in [-0.1, -0.05) is 28.4 Å². The summed E-state index contributed by atoms with van der Waals surface area (Å²) in [7, 11) is 0. The molecule has 0 radical (unpaired) electrons. The topological polar surface area (TPSA) is 93.0 Å². The van der Waals surface area contributed by atoms with Crippen molar-refractivity contribution in [2.75, 3.05) is 6.61 Å². The summed E-state index contributed by atoms with van der Waals surface area (Å²) in [6.45, 7) is 6.34. The summed E-state index contributed by atoms with van der Waals surface area (Å²) in [5, 5.41) is 15.0. The number of Topliss-reactive ketones (excluding diaryl/α,β-unsaturated/α-hetero) is 3. The van der Waals surface area contributed by atoms with Crippen molar-refractivity contribution in [3.63, 3.8) is 0 Å². The molecular weight excluding hydrogens is 417 g/mol. The number of halogens is 2. The number of hydrogen-bond donors (Lipinski definition) is 1. The van der Waals surface area contributed by atoms with Gasteiger partial charge in [-0.05, 0) is 45.4 Å². The lowest BCUT2D eigenvalue weighted by Gasteiger charge is -2.37. The normalized spacial score (nSPS) is 20.6. The van der Waals surface area contributed by atoms with E-state index in [4.69, 9.17) is 28.0 Å². The van der Waals surface area contributed by atoms with Crippen molar-refractivity contribution in [1.29, 1.82) is 0 Å². The first-order valence-electron chi connectivity index (χ1n) is 9.13. The number of hydrogen-bond acceptors (Lipinski definition) is 6. The summed E-state index contributed by atoms with van der Waals surface area (Å²) in [6.07, 6.45) is 0.924. The fourth-order valence-corrected chi connectivity index (χ4v) is 4.27. The standard InChI is InChI=1S/C21H21Cl2NO5/c1-20(2)17(26)14(18(27)21(3,4)19(20)28)16(25)11-5-6-13(22)12(15(11)23)9-10-7-8-29-24-10/h5-6,26H,7-9H2,1-4H3. The molecular formula is C21H21Cl2NO5. The second-order valence-electron chi connectivity index (χ2n) is 8.27. The highest BCUT2D eigenvalue weighted by Crippen LogP contribution is 2.44. The van der Waals surface area contributed by atoms with Crippen LogP contribution in [0.25, 0.3) is 0 Å². The van der Waals surface area contributed by atoms with Gasteiger partial charge in [0, 0.05) is 23.4 Å². The summed E-state index contributed by atoms with van der Waals surface area (Å²) in [5.41, 5.74) is -1.99. The molecule has 0 atom stereocenters. The molecule has 0 amide bonds. The summed E-state index contributed by atoms with van der Waals surface area (Å²) < 4.78 is 0. The molecule has 1 aliphatic carbocycles. The maximum absolute atomic E-state index is 13.3. The molecule has 3 rings (SSSR count). The Morgan fingerprint density at radius 1 is 1.17 bits per heavy atom. The van der Waals surface area contributed by atoms with Crippen molar-refractivity contribution in [2.45, 2.75) is 40.5 Å². The van der Waals surface area contributed by atoms with Gasteiger partial charge in [-0.15, -0.1) is 0 Å². The molecule has 1 heterocycles. The van der Waals surface area contributed by atoms with Gasteiger partial charge in [0.05, 0.1) is 21.6 Å². The highest BCUT2D eigenvalue weighted by atomic mass is 35.5. The number of oxime groups is 1. The Balaban J connectivity index is 2.12. The van der Waals surface area contributed by atoms with Gasteiger partial charge in [-0.25, -0.2) is 0 Å². The van der Waals surface area contributed by atoms with E-state index in [1.807, 2.05) is 0 Å². The third-order valence-electron chi connectivity index (χ3n) is 5.47. The molecule has 2 aliphatic rings. The van der Waals surface area contributed by atoms with Gasteiger partial charge in [-0.3, -0.25) is 14.4 Å². The number of carbonyl (C=O) groups excluding carboxylic acids is 3. The van der Waals surface area contributed by atoms with Crippen LogP contribution in [0.15, 0.2) is 28.6 Å². The predicted octanol–water partition coefficient (Wildman–Crippen LogP) is 4.51. The molecule has 0 saturated carbocycles. The highest BCUT2D eigenvalue weighted by molar-refractivity contribution is 6.42. The zero-order valence-electron chi connectivity index (χ0n) is 16.6. The van der Waals surface area contributed by atoms with E-state index >= 15 is 0 Å². The van der Waals surface area contributed by atoms with Gasteiger partial charge < -0.3 is 9.94 Å². The Labute approximate surface area is 178 Å². The monoisotopic (exact) mass is 437 g/mol. The van der Waals surface area contributed by atoms with Crippen LogP contribution in [0.2, 0.25) is 10.0 Å². The number of nitrogens with zero attached hydrogens (tertiary/aromatic N) is 1. The quantitative estimate of drug-likeness (QED) is 0.424. The van der Waals surface area contributed by atoms with Crippen LogP contribution in [-0.4, -0.2) is 34.8 Å². The third-order valence-corrected chi connectivity index (χ3v) is 6.26. The van der Waals surface area contributed by atoms with Crippen molar-refractivity contribution in [3.8, 4) is 0 Å². The maximum atomic E-state index is 13.3. The average Bonchev–Trinajstić information content (AvgIpc) is 3.16. The van der Waals surface area contributed by atoms with E-state index in [0.717, 1.165) is 5.71 Å². The minimum absolute atomic E-state index is 0.0291. The first kappa shape index (κ1) is 21.5. The molecule has 0 spiro atoms. The van der Waals surface area contributed by atoms with Crippen molar-refractivity contribution >= 4 is 46.3 Å². The SMILES string of the molecule is CC1(C)C(=O)C(C(=O)c2ccc(Cl)c(CC3=NOCC3)c2Cl)=C(O)C(C)(C)C1=O. The van der Waals surface area contributed by atoms with Crippen molar-refractivity contribution < 1.29 is 24.3 Å². The number of carbonyl (C=O) groups is 3. The van der Waals surface area contributed by atoms with Crippen LogP contribution in [0.5, 0.6) is 0 Å². The van der Waals surface area contributed by atoms with Gasteiger partial charge in [0.1, 0.15) is 17.9 Å². The Kier molecular flexibility index (Phi) is 5.39. The average molecular weight is 438 g/mol. The van der Waals surface area contributed by atoms with Gasteiger partial charge in [0.15, 0.2) is 11.6 Å². The Hall–Kier alpha value is -2.18. The van der Waals surface area contributed by atoms with Crippen LogP contribution >= 0.6 is 23.2 Å².